The third kappa shape index (κ3) is 6.69. The van der Waals surface area contributed by atoms with Gasteiger partial charge in [-0.2, -0.15) is 8.78 Å². The second-order valence-corrected chi connectivity index (χ2v) is 11.3. The summed E-state index contributed by atoms with van der Waals surface area (Å²) in [7, 11) is 0. The van der Waals surface area contributed by atoms with Crippen molar-refractivity contribution in [2.24, 2.45) is 0 Å². The molecule has 0 aromatic heterocycles. The number of hydrogen-bond acceptors (Lipinski definition) is 5. The molecule has 10 heteroatoms. The van der Waals surface area contributed by atoms with Crippen LogP contribution >= 0.6 is 23.2 Å². The van der Waals surface area contributed by atoms with Crippen molar-refractivity contribution in [2.75, 3.05) is 32.8 Å². The van der Waals surface area contributed by atoms with E-state index in [1.54, 1.807) is 36.4 Å². The highest BCUT2D eigenvalue weighted by atomic mass is 35.5. The molecule has 40 heavy (non-hydrogen) atoms. The minimum atomic E-state index is -3.82. The van der Waals surface area contributed by atoms with Gasteiger partial charge in [-0.1, -0.05) is 47.5 Å². The number of aliphatic hydroxyl groups excluding tert-OH is 1. The Bertz CT molecular complexity index is 1350. The number of amides is 1. The fourth-order valence-corrected chi connectivity index (χ4v) is 5.69. The minimum Gasteiger partial charge on any atom is -0.489 e. The molecular weight excluding hydrogens is 561 g/mol. The van der Waals surface area contributed by atoms with Crippen LogP contribution < -0.4 is 10.1 Å². The Balaban J connectivity index is 1.34. The predicted octanol–water partition coefficient (Wildman–Crippen LogP) is 6.11. The van der Waals surface area contributed by atoms with Crippen LogP contribution in [0.5, 0.6) is 5.75 Å². The number of benzene rings is 3. The Morgan fingerprint density at radius 1 is 1.05 bits per heavy atom. The van der Waals surface area contributed by atoms with Crippen LogP contribution in [-0.4, -0.2) is 60.9 Å². The second-order valence-electron chi connectivity index (χ2n) is 10.4. The van der Waals surface area contributed by atoms with Gasteiger partial charge in [0.15, 0.2) is 0 Å². The average Bonchev–Trinajstić information content (AvgIpc) is 3.46. The van der Waals surface area contributed by atoms with Gasteiger partial charge >= 0.3 is 5.92 Å². The van der Waals surface area contributed by atoms with Gasteiger partial charge in [0.1, 0.15) is 18.0 Å². The molecule has 2 atom stereocenters. The molecule has 2 N–H and O–H groups in total. The van der Waals surface area contributed by atoms with Gasteiger partial charge in [-0.15, -0.1) is 0 Å². The zero-order valence-electron chi connectivity index (χ0n) is 21.9. The van der Waals surface area contributed by atoms with Crippen molar-refractivity contribution in [3.8, 4) is 5.75 Å². The third-order valence-corrected chi connectivity index (χ3v) is 8.09. The SMILES string of the molecule is O=C(N[C@H](CN1CCCC1)[C@H](O)c1ccc(OC2CCOCC2)c(Cl)c1)C(F)(F)c1ccc2cc(Cl)ccc2c1. The lowest BCUT2D eigenvalue weighted by atomic mass is 9.99. The van der Waals surface area contributed by atoms with Crippen molar-refractivity contribution in [1.29, 1.82) is 0 Å². The Labute approximate surface area is 242 Å². The van der Waals surface area contributed by atoms with E-state index in [1.807, 2.05) is 0 Å². The number of halogens is 4. The van der Waals surface area contributed by atoms with Gasteiger partial charge in [-0.05, 0) is 72.6 Å². The highest BCUT2D eigenvalue weighted by molar-refractivity contribution is 6.32. The average molecular weight is 593 g/mol. The molecular formula is C30H32Cl2F2N2O4. The van der Waals surface area contributed by atoms with Gasteiger partial charge < -0.3 is 24.8 Å². The molecule has 3 aromatic carbocycles. The maximum atomic E-state index is 15.5. The van der Waals surface area contributed by atoms with E-state index in [1.165, 1.54) is 18.2 Å². The number of ether oxygens (including phenoxy) is 2. The number of rotatable bonds is 9. The molecule has 214 valence electrons. The molecule has 1 amide bonds. The third-order valence-electron chi connectivity index (χ3n) is 7.56. The summed E-state index contributed by atoms with van der Waals surface area (Å²) in [6.45, 7) is 2.99. The molecule has 5 rings (SSSR count). The van der Waals surface area contributed by atoms with Gasteiger partial charge in [0.2, 0.25) is 0 Å². The maximum Gasteiger partial charge on any atom is 0.349 e. The molecule has 0 spiro atoms. The molecule has 2 saturated heterocycles. The quantitative estimate of drug-likeness (QED) is 0.314. The lowest BCUT2D eigenvalue weighted by Gasteiger charge is -2.30. The van der Waals surface area contributed by atoms with E-state index in [0.29, 0.717) is 45.3 Å². The van der Waals surface area contributed by atoms with Crippen LogP contribution in [0.4, 0.5) is 8.78 Å². The van der Waals surface area contributed by atoms with Crippen LogP contribution in [0.3, 0.4) is 0 Å². The number of likely N-dealkylation sites (tertiary alicyclic amines) is 1. The number of carbonyl (C=O) groups excluding carboxylic acids is 1. The normalized spacial score (nSPS) is 18.5. The maximum absolute atomic E-state index is 15.5. The van der Waals surface area contributed by atoms with Gasteiger partial charge in [-0.3, -0.25) is 4.79 Å². The fraction of sp³-hybridized carbons (Fsp3) is 0.433. The predicted molar refractivity (Wildman–Crippen MR) is 151 cm³/mol. The molecule has 2 fully saturated rings. The van der Waals surface area contributed by atoms with Gasteiger partial charge in [0.05, 0.1) is 24.3 Å². The molecule has 6 nitrogen and oxygen atoms in total. The molecule has 2 aliphatic rings. The summed E-state index contributed by atoms with van der Waals surface area (Å²) >= 11 is 12.5. The van der Waals surface area contributed by atoms with Gasteiger partial charge in [-0.25, -0.2) is 0 Å². The number of fused-ring (bicyclic) bond motifs is 1. The number of aliphatic hydroxyl groups is 1. The summed E-state index contributed by atoms with van der Waals surface area (Å²) in [5.41, 5.74) is -0.0355. The number of hydrogen-bond donors (Lipinski definition) is 2. The monoisotopic (exact) mass is 592 g/mol. The molecule has 0 unspecified atom stereocenters. The van der Waals surface area contributed by atoms with E-state index in [-0.39, 0.29) is 12.6 Å². The lowest BCUT2D eigenvalue weighted by Crippen LogP contribution is -2.50. The zero-order valence-corrected chi connectivity index (χ0v) is 23.4. The Hall–Kier alpha value is -2.49. The first kappa shape index (κ1) is 29.0. The fourth-order valence-electron chi connectivity index (χ4n) is 5.27. The summed E-state index contributed by atoms with van der Waals surface area (Å²) in [4.78, 5) is 15.1. The van der Waals surface area contributed by atoms with Crippen LogP contribution in [0, 0.1) is 0 Å². The molecule has 0 saturated carbocycles. The van der Waals surface area contributed by atoms with Crippen LogP contribution in [-0.2, 0) is 15.5 Å². The first-order valence-electron chi connectivity index (χ1n) is 13.5. The Kier molecular flexibility index (Phi) is 9.12. The minimum absolute atomic E-state index is 0.0152. The summed E-state index contributed by atoms with van der Waals surface area (Å²) in [5.74, 6) is -4.82. The highest BCUT2D eigenvalue weighted by Crippen LogP contribution is 2.34. The number of nitrogens with zero attached hydrogens (tertiary/aromatic N) is 1. The summed E-state index contributed by atoms with van der Waals surface area (Å²) in [6.07, 6.45) is 2.16. The smallest absolute Gasteiger partial charge is 0.349 e. The number of carbonyl (C=O) groups is 1. The van der Waals surface area contributed by atoms with Crippen LogP contribution in [0.25, 0.3) is 10.8 Å². The largest absolute Gasteiger partial charge is 0.489 e. The molecule has 2 heterocycles. The van der Waals surface area contributed by atoms with Crippen molar-refractivity contribution in [3.05, 3.63) is 75.8 Å². The van der Waals surface area contributed by atoms with Crippen molar-refractivity contribution in [1.82, 2.24) is 10.2 Å². The van der Waals surface area contributed by atoms with E-state index in [0.717, 1.165) is 38.8 Å². The number of nitrogens with one attached hydrogen (secondary N) is 1. The van der Waals surface area contributed by atoms with E-state index in [9.17, 15) is 9.90 Å². The Morgan fingerprint density at radius 2 is 1.75 bits per heavy atom. The van der Waals surface area contributed by atoms with E-state index < -0.39 is 29.5 Å². The van der Waals surface area contributed by atoms with Gasteiger partial charge in [0.25, 0.3) is 5.91 Å². The first-order valence-corrected chi connectivity index (χ1v) is 14.3. The standard InChI is InChI=1S/C30H32Cl2F2N2O4/c31-23-7-4-19-15-22(6-3-20(19)16-23)30(33,34)29(38)35-26(18-36-11-1-2-12-36)28(37)21-5-8-27(25(32)17-21)40-24-9-13-39-14-10-24/h3-8,15-17,24,26,28,37H,1-2,9-14,18H2,(H,35,38)/t26-,28-/m1/s1. The first-order chi connectivity index (χ1) is 19.2. The molecule has 0 aliphatic carbocycles. The topological polar surface area (TPSA) is 71.0 Å². The summed E-state index contributed by atoms with van der Waals surface area (Å²) < 4.78 is 42.3. The van der Waals surface area contributed by atoms with Crippen LogP contribution in [0.15, 0.2) is 54.6 Å². The van der Waals surface area contributed by atoms with E-state index in [2.05, 4.69) is 10.2 Å². The zero-order chi connectivity index (χ0) is 28.3. The highest BCUT2D eigenvalue weighted by Gasteiger charge is 2.43. The van der Waals surface area contributed by atoms with Crippen LogP contribution in [0.1, 0.15) is 42.9 Å². The molecule has 0 radical (unpaired) electrons. The molecule has 0 bridgehead atoms. The van der Waals surface area contributed by atoms with Crippen molar-refractivity contribution in [2.45, 2.75) is 49.9 Å². The molecule has 3 aromatic rings. The second kappa shape index (κ2) is 12.6. The molecule has 2 aliphatic heterocycles. The van der Waals surface area contributed by atoms with Crippen molar-refractivity contribution >= 4 is 39.9 Å². The summed E-state index contributed by atoms with van der Waals surface area (Å²) in [6, 6.07) is 12.8. The van der Waals surface area contributed by atoms with Crippen molar-refractivity contribution < 1.29 is 28.2 Å². The van der Waals surface area contributed by atoms with E-state index in [4.69, 9.17) is 32.7 Å². The Morgan fingerprint density at radius 3 is 2.48 bits per heavy atom. The van der Waals surface area contributed by atoms with Crippen molar-refractivity contribution in [3.63, 3.8) is 0 Å². The summed E-state index contributed by atoms with van der Waals surface area (Å²) in [5, 5.41) is 15.8. The lowest BCUT2D eigenvalue weighted by molar-refractivity contribution is -0.149. The van der Waals surface area contributed by atoms with Crippen LogP contribution in [0.2, 0.25) is 10.0 Å². The number of alkyl halides is 2. The van der Waals surface area contributed by atoms with E-state index >= 15 is 8.78 Å². The van der Waals surface area contributed by atoms with Gasteiger partial charge in [0, 0.05) is 30.0 Å².